The van der Waals surface area contributed by atoms with Crippen molar-refractivity contribution in [2.24, 2.45) is 0 Å². The quantitative estimate of drug-likeness (QED) is 0.302. The number of aromatic nitrogens is 1. The summed E-state index contributed by atoms with van der Waals surface area (Å²) in [4.78, 5) is 4.99. The van der Waals surface area contributed by atoms with Gasteiger partial charge in [0, 0.05) is 10.9 Å². The molecule has 156 valence electrons. The van der Waals surface area contributed by atoms with Crippen molar-refractivity contribution in [3.63, 3.8) is 0 Å². The van der Waals surface area contributed by atoms with Gasteiger partial charge in [-0.05, 0) is 64.7 Å². The van der Waals surface area contributed by atoms with Gasteiger partial charge in [-0.25, -0.2) is 4.98 Å². The number of hydrogen-bond acceptors (Lipinski definition) is 3. The number of benzene rings is 4. The lowest BCUT2D eigenvalue weighted by Crippen LogP contribution is -1.92. The molecular weight excluding hydrogens is 394 g/mol. The Bertz CT molecular complexity index is 1380. The van der Waals surface area contributed by atoms with Crippen molar-refractivity contribution < 1.29 is 9.47 Å². The largest absolute Gasteiger partial charge is 0.497 e. The van der Waals surface area contributed by atoms with E-state index in [9.17, 15) is 0 Å². The first-order valence-electron chi connectivity index (χ1n) is 10.5. The van der Waals surface area contributed by atoms with Gasteiger partial charge >= 0.3 is 0 Å². The summed E-state index contributed by atoms with van der Waals surface area (Å²) in [5.74, 6) is 1.67. The van der Waals surface area contributed by atoms with Crippen LogP contribution in [0, 0.1) is 0 Å². The van der Waals surface area contributed by atoms with E-state index in [0.29, 0.717) is 0 Å². The molecule has 3 heteroatoms. The van der Waals surface area contributed by atoms with Gasteiger partial charge in [0.15, 0.2) is 0 Å². The van der Waals surface area contributed by atoms with Crippen molar-refractivity contribution in [1.82, 2.24) is 4.98 Å². The summed E-state index contributed by atoms with van der Waals surface area (Å²) in [6, 6.07) is 35.2. The van der Waals surface area contributed by atoms with Crippen molar-refractivity contribution in [3.05, 3.63) is 103 Å². The Balaban J connectivity index is 1.58. The summed E-state index contributed by atoms with van der Waals surface area (Å²) in [6.45, 7) is 0. The highest BCUT2D eigenvalue weighted by Gasteiger charge is 2.11. The third kappa shape index (κ3) is 3.81. The zero-order valence-electron chi connectivity index (χ0n) is 18.1. The monoisotopic (exact) mass is 417 g/mol. The summed E-state index contributed by atoms with van der Waals surface area (Å²) in [5, 5.41) is 1.10. The summed E-state index contributed by atoms with van der Waals surface area (Å²) in [6.07, 6.45) is 0. The molecule has 1 heterocycles. The van der Waals surface area contributed by atoms with Crippen molar-refractivity contribution in [2.45, 2.75) is 0 Å². The molecule has 0 atom stereocenters. The van der Waals surface area contributed by atoms with E-state index in [0.717, 1.165) is 55.9 Å². The van der Waals surface area contributed by atoms with Crippen LogP contribution < -0.4 is 9.47 Å². The fourth-order valence-electron chi connectivity index (χ4n) is 3.97. The minimum absolute atomic E-state index is 0.816. The van der Waals surface area contributed by atoms with Gasteiger partial charge in [-0.3, -0.25) is 0 Å². The van der Waals surface area contributed by atoms with E-state index in [-0.39, 0.29) is 0 Å². The standard InChI is InChI=1S/C29H23NO2/c1-31-24-12-8-20(9-13-24)22-10-16-28-23(18-22)11-17-29(30-28)27-19-25(32-2)14-15-26(27)21-6-4-3-5-7-21/h3-19H,1-2H3. The summed E-state index contributed by atoms with van der Waals surface area (Å²) >= 11 is 0. The lowest BCUT2D eigenvalue weighted by molar-refractivity contribution is 0.415. The number of methoxy groups -OCH3 is 2. The summed E-state index contributed by atoms with van der Waals surface area (Å²) in [7, 11) is 3.37. The molecule has 5 rings (SSSR count). The Kier molecular flexibility index (Phi) is 5.30. The molecule has 0 saturated carbocycles. The van der Waals surface area contributed by atoms with Gasteiger partial charge in [0.05, 0.1) is 25.4 Å². The lowest BCUT2D eigenvalue weighted by Gasteiger charge is -2.13. The van der Waals surface area contributed by atoms with E-state index < -0.39 is 0 Å². The van der Waals surface area contributed by atoms with Gasteiger partial charge in [-0.1, -0.05) is 60.7 Å². The van der Waals surface area contributed by atoms with Crippen LogP contribution in [0.1, 0.15) is 0 Å². The van der Waals surface area contributed by atoms with E-state index in [2.05, 4.69) is 78.9 Å². The van der Waals surface area contributed by atoms with Gasteiger partial charge in [0.25, 0.3) is 0 Å². The minimum atomic E-state index is 0.816. The molecule has 0 aliphatic carbocycles. The van der Waals surface area contributed by atoms with Gasteiger partial charge < -0.3 is 9.47 Å². The second-order valence-electron chi connectivity index (χ2n) is 7.61. The summed E-state index contributed by atoms with van der Waals surface area (Å²) in [5.41, 5.74) is 7.53. The van der Waals surface area contributed by atoms with Crippen LogP contribution in [0.3, 0.4) is 0 Å². The zero-order chi connectivity index (χ0) is 21.9. The second-order valence-corrected chi connectivity index (χ2v) is 7.61. The highest BCUT2D eigenvalue weighted by Crippen LogP contribution is 2.35. The molecular formula is C29H23NO2. The minimum Gasteiger partial charge on any atom is -0.497 e. The third-order valence-electron chi connectivity index (χ3n) is 5.70. The number of fused-ring (bicyclic) bond motifs is 1. The first-order chi connectivity index (χ1) is 15.7. The van der Waals surface area contributed by atoms with E-state index in [1.54, 1.807) is 14.2 Å². The molecule has 0 N–H and O–H groups in total. The highest BCUT2D eigenvalue weighted by molar-refractivity contribution is 5.89. The summed E-state index contributed by atoms with van der Waals surface area (Å²) < 4.78 is 10.8. The Morgan fingerprint density at radius 2 is 1.25 bits per heavy atom. The van der Waals surface area contributed by atoms with Crippen molar-refractivity contribution in [1.29, 1.82) is 0 Å². The average Bonchev–Trinajstić information content (AvgIpc) is 2.88. The zero-order valence-corrected chi connectivity index (χ0v) is 18.1. The van der Waals surface area contributed by atoms with Gasteiger partial charge in [-0.2, -0.15) is 0 Å². The molecule has 0 radical (unpaired) electrons. The predicted octanol–water partition coefficient (Wildman–Crippen LogP) is 7.25. The molecule has 1 aromatic heterocycles. The molecule has 4 aromatic carbocycles. The van der Waals surface area contributed by atoms with E-state index in [1.165, 1.54) is 0 Å². The van der Waals surface area contributed by atoms with E-state index in [1.807, 2.05) is 24.3 Å². The van der Waals surface area contributed by atoms with Crippen LogP contribution in [-0.4, -0.2) is 19.2 Å². The SMILES string of the molecule is COc1ccc(-c2ccc3nc(-c4cc(OC)ccc4-c4ccccc4)ccc3c2)cc1. The molecule has 0 spiro atoms. The van der Waals surface area contributed by atoms with Crippen LogP contribution >= 0.6 is 0 Å². The molecule has 0 aliphatic rings. The van der Waals surface area contributed by atoms with Crippen LogP contribution in [0.2, 0.25) is 0 Å². The van der Waals surface area contributed by atoms with Gasteiger partial charge in [-0.15, -0.1) is 0 Å². The molecule has 5 aromatic rings. The maximum Gasteiger partial charge on any atom is 0.119 e. The van der Waals surface area contributed by atoms with Crippen molar-refractivity contribution in [3.8, 4) is 45.0 Å². The number of pyridine rings is 1. The number of nitrogens with zero attached hydrogens (tertiary/aromatic N) is 1. The van der Waals surface area contributed by atoms with E-state index in [4.69, 9.17) is 14.5 Å². The normalized spacial score (nSPS) is 10.8. The number of rotatable bonds is 5. The fraction of sp³-hybridized carbons (Fsp3) is 0.0690. The Labute approximate surface area is 187 Å². The molecule has 0 saturated heterocycles. The van der Waals surface area contributed by atoms with Crippen LogP contribution in [0.4, 0.5) is 0 Å². The van der Waals surface area contributed by atoms with E-state index >= 15 is 0 Å². The van der Waals surface area contributed by atoms with Gasteiger partial charge in [0.1, 0.15) is 11.5 Å². The molecule has 0 bridgehead atoms. The Morgan fingerprint density at radius 1 is 0.531 bits per heavy atom. The molecule has 32 heavy (non-hydrogen) atoms. The van der Waals surface area contributed by atoms with Gasteiger partial charge in [0.2, 0.25) is 0 Å². The average molecular weight is 418 g/mol. The maximum atomic E-state index is 5.50. The molecule has 0 amide bonds. The third-order valence-corrected chi connectivity index (χ3v) is 5.70. The second kappa shape index (κ2) is 8.56. The predicted molar refractivity (Wildman–Crippen MR) is 131 cm³/mol. The maximum absolute atomic E-state index is 5.50. The first-order valence-corrected chi connectivity index (χ1v) is 10.5. The van der Waals surface area contributed by atoms with Crippen LogP contribution in [0.25, 0.3) is 44.4 Å². The Hall–Kier alpha value is -4.11. The number of hydrogen-bond donors (Lipinski definition) is 0. The molecule has 3 nitrogen and oxygen atoms in total. The highest BCUT2D eigenvalue weighted by atomic mass is 16.5. The van der Waals surface area contributed by atoms with Crippen LogP contribution in [-0.2, 0) is 0 Å². The van der Waals surface area contributed by atoms with Crippen LogP contribution in [0.15, 0.2) is 103 Å². The number of ether oxygens (including phenoxy) is 2. The topological polar surface area (TPSA) is 31.4 Å². The van der Waals surface area contributed by atoms with Crippen LogP contribution in [0.5, 0.6) is 11.5 Å². The molecule has 0 fully saturated rings. The first kappa shape index (κ1) is 19.8. The molecule has 0 aliphatic heterocycles. The van der Waals surface area contributed by atoms with Crippen molar-refractivity contribution in [2.75, 3.05) is 14.2 Å². The lowest BCUT2D eigenvalue weighted by atomic mass is 9.96. The fourth-order valence-corrected chi connectivity index (χ4v) is 3.97. The molecule has 0 unspecified atom stereocenters. The van der Waals surface area contributed by atoms with Crippen molar-refractivity contribution >= 4 is 10.9 Å². The smallest absolute Gasteiger partial charge is 0.119 e. The Morgan fingerprint density at radius 3 is 2.00 bits per heavy atom.